The summed E-state index contributed by atoms with van der Waals surface area (Å²) in [4.78, 5) is 14.9. The Labute approximate surface area is 206 Å². The van der Waals surface area contributed by atoms with Crippen LogP contribution in [0.2, 0.25) is 5.02 Å². The first-order valence-electron chi connectivity index (χ1n) is 11.5. The van der Waals surface area contributed by atoms with Gasteiger partial charge in [0, 0.05) is 18.7 Å². The van der Waals surface area contributed by atoms with Crippen molar-refractivity contribution in [2.45, 2.75) is 38.0 Å². The number of carbonyl (C=O) groups is 1. The van der Waals surface area contributed by atoms with Crippen LogP contribution in [0.15, 0.2) is 71.6 Å². The lowest BCUT2D eigenvalue weighted by molar-refractivity contribution is 0.0690. The van der Waals surface area contributed by atoms with E-state index < -0.39 is 10.0 Å². The second kappa shape index (κ2) is 10.2. The summed E-state index contributed by atoms with van der Waals surface area (Å²) < 4.78 is 28.9. The number of hydrogen-bond acceptors (Lipinski definition) is 3. The van der Waals surface area contributed by atoms with Crippen LogP contribution in [0.25, 0.3) is 0 Å². The number of amides is 1. The first kappa shape index (κ1) is 24.3. The highest BCUT2D eigenvalue weighted by Gasteiger charge is 2.26. The number of halogens is 1. The van der Waals surface area contributed by atoms with E-state index >= 15 is 0 Å². The maximum Gasteiger partial charge on any atom is 0.263 e. The number of benzene rings is 3. The van der Waals surface area contributed by atoms with Crippen molar-refractivity contribution in [3.8, 4) is 0 Å². The molecule has 5 nitrogen and oxygen atoms in total. The molecule has 7 heteroatoms. The van der Waals surface area contributed by atoms with Gasteiger partial charge in [0.25, 0.3) is 15.9 Å². The van der Waals surface area contributed by atoms with Crippen molar-refractivity contribution in [2.24, 2.45) is 5.92 Å². The van der Waals surface area contributed by atoms with E-state index in [4.69, 9.17) is 11.6 Å². The summed E-state index contributed by atoms with van der Waals surface area (Å²) >= 11 is 6.26. The van der Waals surface area contributed by atoms with E-state index in [2.05, 4.69) is 29.0 Å². The maximum atomic E-state index is 13.2. The van der Waals surface area contributed by atoms with Gasteiger partial charge < -0.3 is 4.90 Å². The molecule has 0 aliphatic carbocycles. The number of aryl methyl sites for hydroxylation is 2. The lowest BCUT2D eigenvalue weighted by atomic mass is 9.90. The Balaban J connectivity index is 1.47. The summed E-state index contributed by atoms with van der Waals surface area (Å²) in [5, 5.41) is 0.0796. The number of sulfonamides is 1. The van der Waals surface area contributed by atoms with Crippen molar-refractivity contribution in [2.75, 3.05) is 17.8 Å². The van der Waals surface area contributed by atoms with Gasteiger partial charge in [0.05, 0.1) is 10.7 Å². The molecule has 1 amide bonds. The van der Waals surface area contributed by atoms with Crippen molar-refractivity contribution >= 4 is 33.2 Å². The van der Waals surface area contributed by atoms with Crippen LogP contribution in [-0.4, -0.2) is 32.3 Å². The minimum Gasteiger partial charge on any atom is -0.339 e. The molecule has 0 atom stereocenters. The minimum atomic E-state index is -3.97. The van der Waals surface area contributed by atoms with Crippen LogP contribution in [0.1, 0.15) is 39.9 Å². The molecule has 3 aromatic rings. The third-order valence-electron chi connectivity index (χ3n) is 6.37. The molecule has 1 heterocycles. The molecule has 1 aliphatic rings. The van der Waals surface area contributed by atoms with Crippen LogP contribution in [0.3, 0.4) is 0 Å². The molecule has 0 saturated carbocycles. The number of carbonyl (C=O) groups excluding carboxylic acids is 1. The van der Waals surface area contributed by atoms with Gasteiger partial charge in [0.1, 0.15) is 4.90 Å². The molecule has 0 unspecified atom stereocenters. The topological polar surface area (TPSA) is 66.5 Å². The Hall–Kier alpha value is -2.83. The zero-order valence-electron chi connectivity index (χ0n) is 19.4. The maximum absolute atomic E-state index is 13.2. The summed E-state index contributed by atoms with van der Waals surface area (Å²) in [6.07, 6.45) is 2.86. The average Bonchev–Trinajstić information content (AvgIpc) is 2.82. The molecule has 0 radical (unpaired) electrons. The van der Waals surface area contributed by atoms with Crippen molar-refractivity contribution in [1.29, 1.82) is 0 Å². The molecule has 0 aromatic heterocycles. The summed E-state index contributed by atoms with van der Waals surface area (Å²) in [5.41, 5.74) is 3.88. The molecule has 1 N–H and O–H groups in total. The quantitative estimate of drug-likeness (QED) is 0.465. The highest BCUT2D eigenvalue weighted by molar-refractivity contribution is 7.92. The molecule has 34 heavy (non-hydrogen) atoms. The Bertz CT molecular complexity index is 1280. The predicted octanol–water partition coefficient (Wildman–Crippen LogP) is 5.85. The second-order valence-corrected chi connectivity index (χ2v) is 11.1. The molecule has 0 spiro atoms. The zero-order valence-corrected chi connectivity index (χ0v) is 21.0. The van der Waals surface area contributed by atoms with Gasteiger partial charge in [-0.3, -0.25) is 9.52 Å². The van der Waals surface area contributed by atoms with Crippen LogP contribution >= 0.6 is 11.6 Å². The fraction of sp³-hybridized carbons (Fsp3) is 0.296. The minimum absolute atomic E-state index is 0.0796. The third-order valence-corrected chi connectivity index (χ3v) is 8.22. The summed E-state index contributed by atoms with van der Waals surface area (Å²) in [6, 6.07) is 20.4. The Morgan fingerprint density at radius 3 is 2.41 bits per heavy atom. The number of rotatable bonds is 6. The summed E-state index contributed by atoms with van der Waals surface area (Å²) in [5.74, 6) is 0.368. The van der Waals surface area contributed by atoms with E-state index in [9.17, 15) is 13.2 Å². The van der Waals surface area contributed by atoms with Crippen molar-refractivity contribution in [3.63, 3.8) is 0 Å². The van der Waals surface area contributed by atoms with Crippen LogP contribution in [0.4, 0.5) is 5.69 Å². The highest BCUT2D eigenvalue weighted by atomic mass is 35.5. The number of likely N-dealkylation sites (tertiary alicyclic amines) is 1. The first-order chi connectivity index (χ1) is 16.2. The largest absolute Gasteiger partial charge is 0.339 e. The van der Waals surface area contributed by atoms with Crippen molar-refractivity contribution in [1.82, 2.24) is 4.90 Å². The van der Waals surface area contributed by atoms with Crippen molar-refractivity contribution < 1.29 is 13.2 Å². The van der Waals surface area contributed by atoms with Crippen molar-refractivity contribution in [3.05, 3.63) is 94.0 Å². The summed E-state index contributed by atoms with van der Waals surface area (Å²) in [7, 11) is -3.97. The number of hydrogen-bond donors (Lipinski definition) is 1. The van der Waals surface area contributed by atoms with E-state index in [-0.39, 0.29) is 15.8 Å². The molecule has 1 fully saturated rings. The van der Waals surface area contributed by atoms with Gasteiger partial charge in [-0.1, -0.05) is 54.1 Å². The monoisotopic (exact) mass is 496 g/mol. The highest BCUT2D eigenvalue weighted by Crippen LogP contribution is 2.28. The fourth-order valence-corrected chi connectivity index (χ4v) is 6.01. The van der Waals surface area contributed by atoms with Crippen LogP contribution < -0.4 is 4.72 Å². The van der Waals surface area contributed by atoms with E-state index in [0.29, 0.717) is 30.3 Å². The molecule has 3 aromatic carbocycles. The van der Waals surface area contributed by atoms with Gasteiger partial charge in [-0.15, -0.1) is 0 Å². The van der Waals surface area contributed by atoms with Gasteiger partial charge in [-0.25, -0.2) is 8.42 Å². The van der Waals surface area contributed by atoms with Gasteiger partial charge in [-0.05, 0) is 80.0 Å². The lowest BCUT2D eigenvalue weighted by Gasteiger charge is -2.32. The number of nitrogens with one attached hydrogen (secondary N) is 1. The van der Waals surface area contributed by atoms with Crippen LogP contribution in [-0.2, 0) is 16.4 Å². The van der Waals surface area contributed by atoms with Gasteiger partial charge in [-0.2, -0.15) is 0 Å². The third kappa shape index (κ3) is 5.62. The van der Waals surface area contributed by atoms with Crippen LogP contribution in [0, 0.1) is 19.8 Å². The molecular formula is C27H29ClN2O3S. The lowest BCUT2D eigenvalue weighted by Crippen LogP contribution is -2.39. The first-order valence-corrected chi connectivity index (χ1v) is 13.3. The molecule has 1 saturated heterocycles. The molecule has 4 rings (SSSR count). The molecular weight excluding hydrogens is 468 g/mol. The van der Waals surface area contributed by atoms with E-state index in [1.165, 1.54) is 17.7 Å². The molecule has 0 bridgehead atoms. The Kier molecular flexibility index (Phi) is 7.29. The van der Waals surface area contributed by atoms with E-state index in [1.54, 1.807) is 17.0 Å². The van der Waals surface area contributed by atoms with E-state index in [0.717, 1.165) is 30.4 Å². The summed E-state index contributed by atoms with van der Waals surface area (Å²) in [6.45, 7) is 5.04. The average molecular weight is 497 g/mol. The van der Waals surface area contributed by atoms with Crippen LogP contribution in [0.5, 0.6) is 0 Å². The normalized spacial score (nSPS) is 14.7. The van der Waals surface area contributed by atoms with Gasteiger partial charge in [0.2, 0.25) is 0 Å². The van der Waals surface area contributed by atoms with E-state index in [1.807, 2.05) is 32.0 Å². The molecule has 1 aliphatic heterocycles. The smallest absolute Gasteiger partial charge is 0.263 e. The van der Waals surface area contributed by atoms with Gasteiger partial charge in [0.15, 0.2) is 0 Å². The second-order valence-electron chi connectivity index (χ2n) is 8.99. The molecule has 178 valence electrons. The standard InChI is InChI=1S/C27H29ClN2O3S/c1-19-8-9-20(2)25(16-19)29-34(32,33)26-18-23(10-11-24(26)28)27(31)30-14-12-22(13-15-30)17-21-6-4-3-5-7-21/h3-11,16,18,22,29H,12-15,17H2,1-2H3. The van der Waals surface area contributed by atoms with Gasteiger partial charge >= 0.3 is 0 Å². The SMILES string of the molecule is Cc1ccc(C)c(NS(=O)(=O)c2cc(C(=O)N3CCC(Cc4ccccc4)CC3)ccc2Cl)c1. The zero-order chi connectivity index (χ0) is 24.3. The number of piperidine rings is 1. The Morgan fingerprint density at radius 1 is 1.00 bits per heavy atom. The Morgan fingerprint density at radius 2 is 1.71 bits per heavy atom. The number of nitrogens with zero attached hydrogens (tertiary/aromatic N) is 1. The fourth-order valence-electron chi connectivity index (χ4n) is 4.36. The number of anilines is 1. The predicted molar refractivity (Wildman–Crippen MR) is 137 cm³/mol.